The molecule has 3 aliphatic rings. The predicted molar refractivity (Wildman–Crippen MR) is 175 cm³/mol. The lowest BCUT2D eigenvalue weighted by atomic mass is 9.58. The first-order chi connectivity index (χ1) is 21.9. The summed E-state index contributed by atoms with van der Waals surface area (Å²) in [6.45, 7) is 7.98. The zero-order valence-electron chi connectivity index (χ0n) is 27.6. The van der Waals surface area contributed by atoms with Crippen LogP contribution in [-0.2, 0) is 0 Å². The molecule has 1 atom stereocenters. The first kappa shape index (κ1) is 31.7. The highest BCUT2D eigenvalue weighted by Gasteiger charge is 2.59. The summed E-state index contributed by atoms with van der Waals surface area (Å²) in [6, 6.07) is 5.55. The van der Waals surface area contributed by atoms with Crippen LogP contribution in [0.25, 0.3) is 11.0 Å². The highest BCUT2D eigenvalue weighted by atomic mass is 16.4. The molecule has 12 nitrogen and oxygen atoms in total. The lowest BCUT2D eigenvalue weighted by Gasteiger charge is -2.63. The van der Waals surface area contributed by atoms with E-state index in [-0.39, 0.29) is 34.7 Å². The van der Waals surface area contributed by atoms with Gasteiger partial charge in [0, 0.05) is 69.0 Å². The number of piperidine rings is 1. The molecule has 2 aliphatic heterocycles. The molecule has 3 aromatic rings. The number of nitrogens with zero attached hydrogens (tertiary/aromatic N) is 7. The number of anilines is 2. The van der Waals surface area contributed by atoms with Crippen molar-refractivity contribution in [2.45, 2.75) is 84.2 Å². The summed E-state index contributed by atoms with van der Waals surface area (Å²) in [4.78, 5) is 57.2. The van der Waals surface area contributed by atoms with E-state index in [4.69, 9.17) is 4.98 Å². The molecule has 46 heavy (non-hydrogen) atoms. The zero-order valence-corrected chi connectivity index (χ0v) is 27.6. The molecule has 6 rings (SSSR count). The van der Waals surface area contributed by atoms with Crippen molar-refractivity contribution in [2.75, 3.05) is 39.0 Å². The molecule has 3 fully saturated rings. The van der Waals surface area contributed by atoms with Gasteiger partial charge in [-0.1, -0.05) is 46.5 Å². The van der Waals surface area contributed by atoms with Gasteiger partial charge in [-0.15, -0.1) is 0 Å². The minimum absolute atomic E-state index is 0.0495. The van der Waals surface area contributed by atoms with Gasteiger partial charge in [-0.25, -0.2) is 14.8 Å². The normalized spacial score (nSPS) is 20.3. The van der Waals surface area contributed by atoms with Crippen LogP contribution >= 0.6 is 0 Å². The van der Waals surface area contributed by atoms with Crippen molar-refractivity contribution >= 4 is 40.7 Å². The molecule has 0 bridgehead atoms. The van der Waals surface area contributed by atoms with Crippen LogP contribution in [0.4, 0.5) is 16.6 Å². The minimum Gasteiger partial charge on any atom is -0.465 e. The van der Waals surface area contributed by atoms with Crippen LogP contribution < -0.4 is 5.32 Å². The number of carbonyl (C=O) groups is 3. The second-order valence-corrected chi connectivity index (χ2v) is 14.6. The van der Waals surface area contributed by atoms with E-state index in [9.17, 15) is 19.5 Å². The van der Waals surface area contributed by atoms with Crippen LogP contribution in [0.2, 0.25) is 0 Å². The maximum absolute atomic E-state index is 13.4. The highest BCUT2D eigenvalue weighted by molar-refractivity contribution is 5.98. The summed E-state index contributed by atoms with van der Waals surface area (Å²) in [7, 11) is 3.53. The van der Waals surface area contributed by atoms with Gasteiger partial charge in [-0.05, 0) is 49.3 Å². The largest absolute Gasteiger partial charge is 0.465 e. The van der Waals surface area contributed by atoms with E-state index >= 15 is 0 Å². The van der Waals surface area contributed by atoms with Gasteiger partial charge in [0.15, 0.2) is 0 Å². The number of nitrogens with one attached hydrogen (secondary N) is 1. The molecule has 2 saturated heterocycles. The number of hydrogen-bond donors (Lipinski definition) is 2. The Balaban J connectivity index is 1.15. The quantitative estimate of drug-likeness (QED) is 0.338. The maximum Gasteiger partial charge on any atom is 0.407 e. The number of rotatable bonds is 5. The number of aromatic nitrogens is 4. The van der Waals surface area contributed by atoms with E-state index in [0.717, 1.165) is 49.6 Å². The van der Waals surface area contributed by atoms with Gasteiger partial charge in [0.25, 0.3) is 11.8 Å². The second-order valence-electron chi connectivity index (χ2n) is 14.6. The summed E-state index contributed by atoms with van der Waals surface area (Å²) in [5.74, 6) is 0.766. The molecule has 246 valence electrons. The summed E-state index contributed by atoms with van der Waals surface area (Å²) in [5.41, 5.74) is 1.61. The number of fused-ring (bicyclic) bond motifs is 1. The predicted octanol–water partition coefficient (Wildman–Crippen LogP) is 5.80. The molecule has 0 radical (unpaired) electrons. The van der Waals surface area contributed by atoms with E-state index < -0.39 is 6.09 Å². The molecule has 1 aliphatic carbocycles. The summed E-state index contributed by atoms with van der Waals surface area (Å²) < 4.78 is 2.11. The van der Waals surface area contributed by atoms with Crippen LogP contribution in [0.1, 0.15) is 99.0 Å². The Morgan fingerprint density at radius 2 is 1.70 bits per heavy atom. The third kappa shape index (κ3) is 5.89. The van der Waals surface area contributed by atoms with E-state index in [2.05, 4.69) is 40.6 Å². The second kappa shape index (κ2) is 12.2. The third-order valence-electron chi connectivity index (χ3n) is 10.1. The van der Waals surface area contributed by atoms with Crippen molar-refractivity contribution < 1.29 is 19.5 Å². The van der Waals surface area contributed by atoms with Gasteiger partial charge in [-0.3, -0.25) is 9.59 Å². The van der Waals surface area contributed by atoms with Crippen LogP contribution in [0.3, 0.4) is 0 Å². The van der Waals surface area contributed by atoms with Crippen molar-refractivity contribution in [3.8, 4) is 0 Å². The lowest BCUT2D eigenvalue weighted by Crippen LogP contribution is -2.72. The van der Waals surface area contributed by atoms with Crippen molar-refractivity contribution in [3.63, 3.8) is 0 Å². The third-order valence-corrected chi connectivity index (χ3v) is 10.1. The molecular formula is C34H46N8O4. The Hall–Kier alpha value is -4.22. The molecule has 2 N–H and O–H groups in total. The van der Waals surface area contributed by atoms with E-state index in [0.29, 0.717) is 42.7 Å². The van der Waals surface area contributed by atoms with Gasteiger partial charge in [0.2, 0.25) is 5.95 Å². The van der Waals surface area contributed by atoms with Crippen LogP contribution in [-0.4, -0.2) is 97.0 Å². The van der Waals surface area contributed by atoms with Gasteiger partial charge in [0.1, 0.15) is 17.2 Å². The number of pyridine rings is 1. The van der Waals surface area contributed by atoms with Crippen LogP contribution in [0.15, 0.2) is 30.6 Å². The number of amides is 3. The SMILES string of the molecule is CN(C)C(=O)c1cc2cnc(Nc3ccc(C(=O)N4CCC5(CC4)CN(C(=O)O)C5C(C)(C)C)cn3)nc2n1C1CCCCCC1. The fourth-order valence-electron chi connectivity index (χ4n) is 8.13. The van der Waals surface area contributed by atoms with Crippen molar-refractivity contribution in [2.24, 2.45) is 10.8 Å². The van der Waals surface area contributed by atoms with Gasteiger partial charge < -0.3 is 29.7 Å². The number of hydrogen-bond acceptors (Lipinski definition) is 7. The van der Waals surface area contributed by atoms with Crippen molar-refractivity contribution in [1.82, 2.24) is 34.2 Å². The highest BCUT2D eigenvalue weighted by Crippen LogP contribution is 2.52. The first-order valence-corrected chi connectivity index (χ1v) is 16.5. The lowest BCUT2D eigenvalue weighted by molar-refractivity contribution is -0.130. The fraction of sp³-hybridized carbons (Fsp3) is 0.588. The molecule has 12 heteroatoms. The van der Waals surface area contributed by atoms with E-state index in [1.807, 2.05) is 11.0 Å². The average molecular weight is 631 g/mol. The zero-order chi connectivity index (χ0) is 32.8. The maximum atomic E-state index is 13.4. The Kier molecular flexibility index (Phi) is 8.41. The standard InChI is InChI=1S/C34H46N8O4/c1-33(2,3)30-34(21-41(30)32(45)46)14-16-40(17-15-34)28(43)22-12-13-26(35-19-22)37-31-36-20-23-18-25(29(44)39(4)5)42(27(23)38-31)24-10-8-6-7-9-11-24/h12-13,18-20,24,30H,6-11,14-17,21H2,1-5H3,(H,45,46)(H,35,36,37,38). The Morgan fingerprint density at radius 3 is 2.28 bits per heavy atom. The molecule has 3 amide bonds. The fourth-order valence-corrected chi connectivity index (χ4v) is 8.13. The summed E-state index contributed by atoms with van der Waals surface area (Å²) in [6.07, 6.45) is 10.7. The molecule has 5 heterocycles. The molecule has 1 saturated carbocycles. The average Bonchev–Trinajstić information content (AvgIpc) is 3.16. The number of carbonyl (C=O) groups excluding carboxylic acids is 2. The summed E-state index contributed by atoms with van der Waals surface area (Å²) >= 11 is 0. The van der Waals surface area contributed by atoms with E-state index in [1.165, 1.54) is 12.8 Å². The van der Waals surface area contributed by atoms with Crippen molar-refractivity contribution in [3.05, 3.63) is 41.9 Å². The Morgan fingerprint density at radius 1 is 1.00 bits per heavy atom. The number of likely N-dealkylation sites (tertiary alicyclic amines) is 2. The first-order valence-electron chi connectivity index (χ1n) is 16.5. The Bertz CT molecular complexity index is 1610. The molecule has 1 unspecified atom stereocenters. The minimum atomic E-state index is -0.869. The molecular weight excluding hydrogens is 584 g/mol. The van der Waals surface area contributed by atoms with Gasteiger partial charge >= 0.3 is 6.09 Å². The van der Waals surface area contributed by atoms with Crippen molar-refractivity contribution in [1.29, 1.82) is 0 Å². The molecule has 1 spiro atoms. The van der Waals surface area contributed by atoms with Crippen LogP contribution in [0.5, 0.6) is 0 Å². The molecule has 0 aromatic carbocycles. The smallest absolute Gasteiger partial charge is 0.407 e. The Labute approximate surface area is 270 Å². The van der Waals surface area contributed by atoms with Gasteiger partial charge in [0.05, 0.1) is 5.56 Å². The molecule has 3 aromatic heterocycles. The van der Waals surface area contributed by atoms with Crippen LogP contribution in [0, 0.1) is 10.8 Å². The van der Waals surface area contributed by atoms with Gasteiger partial charge in [-0.2, -0.15) is 4.98 Å². The number of carboxylic acid groups (broad SMARTS) is 1. The topological polar surface area (TPSA) is 137 Å². The monoisotopic (exact) mass is 630 g/mol. The van der Waals surface area contributed by atoms with E-state index in [1.54, 1.807) is 48.4 Å². The summed E-state index contributed by atoms with van der Waals surface area (Å²) in [5, 5.41) is 13.7.